The summed E-state index contributed by atoms with van der Waals surface area (Å²) in [7, 11) is 1.65. The second-order valence-electron chi connectivity index (χ2n) is 4.27. The highest BCUT2D eigenvalue weighted by atomic mass is 16.5. The minimum atomic E-state index is 0.281. The van der Waals surface area contributed by atoms with Crippen LogP contribution in [0.3, 0.4) is 0 Å². The van der Waals surface area contributed by atoms with Gasteiger partial charge in [-0.05, 0) is 17.7 Å². The summed E-state index contributed by atoms with van der Waals surface area (Å²) >= 11 is 0. The van der Waals surface area contributed by atoms with E-state index in [1.54, 1.807) is 13.3 Å². The van der Waals surface area contributed by atoms with E-state index >= 15 is 0 Å². The zero-order valence-corrected chi connectivity index (χ0v) is 11.7. The molecule has 0 saturated heterocycles. The lowest BCUT2D eigenvalue weighted by atomic mass is 10.2. The highest BCUT2D eigenvalue weighted by molar-refractivity contribution is 5.55. The van der Waals surface area contributed by atoms with E-state index in [9.17, 15) is 0 Å². The fourth-order valence-electron chi connectivity index (χ4n) is 1.64. The van der Waals surface area contributed by atoms with Crippen LogP contribution in [0.15, 0.2) is 36.7 Å². The average molecular weight is 284 g/mol. The van der Waals surface area contributed by atoms with Gasteiger partial charge >= 0.3 is 0 Å². The van der Waals surface area contributed by atoms with Crippen LogP contribution in [0.5, 0.6) is 0 Å². The molecular weight excluding hydrogens is 268 g/mol. The Labute approximate surface area is 123 Å². The lowest BCUT2D eigenvalue weighted by Gasteiger charge is -2.07. The molecule has 0 bridgehead atoms. The molecule has 0 amide bonds. The molecule has 1 aromatic heterocycles. The van der Waals surface area contributed by atoms with Crippen molar-refractivity contribution in [1.29, 1.82) is 5.26 Å². The Kier molecular flexibility index (Phi) is 5.64. The van der Waals surface area contributed by atoms with Crippen LogP contribution < -0.4 is 5.32 Å². The highest BCUT2D eigenvalue weighted by Gasteiger charge is 2.00. The number of nitriles is 1. The molecule has 0 unspecified atom stereocenters. The minimum Gasteiger partial charge on any atom is -0.382 e. The van der Waals surface area contributed by atoms with Crippen LogP contribution in [0, 0.1) is 11.3 Å². The molecule has 2 rings (SSSR count). The summed E-state index contributed by atoms with van der Waals surface area (Å²) in [5, 5.41) is 11.9. The fourth-order valence-corrected chi connectivity index (χ4v) is 1.64. The number of rotatable bonds is 7. The van der Waals surface area contributed by atoms with Gasteiger partial charge in [0.05, 0.1) is 32.2 Å². The van der Waals surface area contributed by atoms with E-state index in [0.29, 0.717) is 25.6 Å². The smallest absolute Gasteiger partial charge is 0.161 e. The van der Waals surface area contributed by atoms with Crippen molar-refractivity contribution in [3.63, 3.8) is 0 Å². The number of methoxy groups -OCH3 is 1. The molecule has 2 aromatic rings. The van der Waals surface area contributed by atoms with E-state index in [-0.39, 0.29) is 5.69 Å². The summed E-state index contributed by atoms with van der Waals surface area (Å²) in [6.45, 7) is 1.72. The first-order valence-corrected chi connectivity index (χ1v) is 6.46. The van der Waals surface area contributed by atoms with Crippen LogP contribution in [-0.4, -0.2) is 30.3 Å². The molecule has 6 nitrogen and oxygen atoms in total. The molecule has 1 heterocycles. The first-order valence-electron chi connectivity index (χ1n) is 6.46. The number of nitrogens with zero attached hydrogens (tertiary/aromatic N) is 3. The third-order valence-corrected chi connectivity index (χ3v) is 2.68. The van der Waals surface area contributed by atoms with E-state index in [2.05, 4.69) is 15.3 Å². The van der Waals surface area contributed by atoms with Crippen molar-refractivity contribution in [2.45, 2.75) is 6.61 Å². The number of benzene rings is 1. The number of hydrogen-bond acceptors (Lipinski definition) is 6. The molecular formula is C15H16N4O2. The Hall–Kier alpha value is -2.49. The number of ether oxygens (including phenoxy) is 2. The third kappa shape index (κ3) is 4.84. The molecule has 0 saturated carbocycles. The maximum Gasteiger partial charge on any atom is 0.161 e. The second kappa shape index (κ2) is 7.94. The van der Waals surface area contributed by atoms with Gasteiger partial charge in [0.2, 0.25) is 0 Å². The van der Waals surface area contributed by atoms with E-state index in [1.807, 2.05) is 30.3 Å². The van der Waals surface area contributed by atoms with Crippen molar-refractivity contribution in [2.75, 3.05) is 25.6 Å². The van der Waals surface area contributed by atoms with Crippen molar-refractivity contribution < 1.29 is 9.47 Å². The van der Waals surface area contributed by atoms with Crippen molar-refractivity contribution in [1.82, 2.24) is 9.97 Å². The molecule has 0 aliphatic rings. The molecule has 1 N–H and O–H groups in total. The molecule has 1 aromatic carbocycles. The van der Waals surface area contributed by atoms with Gasteiger partial charge in [0.1, 0.15) is 11.9 Å². The van der Waals surface area contributed by atoms with Crippen LogP contribution in [-0.2, 0) is 16.1 Å². The molecule has 21 heavy (non-hydrogen) atoms. The van der Waals surface area contributed by atoms with Crippen molar-refractivity contribution in [3.05, 3.63) is 47.9 Å². The number of hydrogen-bond donors (Lipinski definition) is 1. The van der Waals surface area contributed by atoms with Crippen LogP contribution in [0.25, 0.3) is 0 Å². The summed E-state index contributed by atoms with van der Waals surface area (Å²) in [5.41, 5.74) is 2.23. The molecule has 0 aliphatic carbocycles. The van der Waals surface area contributed by atoms with Gasteiger partial charge < -0.3 is 14.8 Å². The largest absolute Gasteiger partial charge is 0.382 e. The molecule has 6 heteroatoms. The SMILES string of the molecule is COCCOCc1ccc(Nc2cncc(C#N)n2)cc1. The topological polar surface area (TPSA) is 80.1 Å². The molecule has 0 spiro atoms. The van der Waals surface area contributed by atoms with Crippen molar-refractivity contribution >= 4 is 11.5 Å². The number of aromatic nitrogens is 2. The van der Waals surface area contributed by atoms with Gasteiger partial charge in [-0.15, -0.1) is 0 Å². The number of nitrogens with one attached hydrogen (secondary N) is 1. The Morgan fingerprint density at radius 1 is 1.19 bits per heavy atom. The Morgan fingerprint density at radius 3 is 2.71 bits per heavy atom. The molecule has 0 fully saturated rings. The van der Waals surface area contributed by atoms with Gasteiger partial charge in [-0.2, -0.15) is 5.26 Å². The standard InChI is InChI=1S/C15H16N4O2/c1-20-6-7-21-11-12-2-4-13(5-3-12)18-15-10-17-9-14(8-16)19-15/h2-5,9-10H,6-7,11H2,1H3,(H,18,19). The summed E-state index contributed by atoms with van der Waals surface area (Å²) in [6, 6.07) is 9.75. The van der Waals surface area contributed by atoms with E-state index in [4.69, 9.17) is 14.7 Å². The van der Waals surface area contributed by atoms with E-state index < -0.39 is 0 Å². The highest BCUT2D eigenvalue weighted by Crippen LogP contribution is 2.15. The lowest BCUT2D eigenvalue weighted by Crippen LogP contribution is -2.02. The van der Waals surface area contributed by atoms with Crippen molar-refractivity contribution in [3.8, 4) is 6.07 Å². The minimum absolute atomic E-state index is 0.281. The van der Waals surface area contributed by atoms with Gasteiger partial charge in [-0.3, -0.25) is 4.98 Å². The summed E-state index contributed by atoms with van der Waals surface area (Å²) in [5.74, 6) is 0.540. The quantitative estimate of drug-likeness (QED) is 0.785. The molecule has 0 aliphatic heterocycles. The Bertz CT molecular complexity index is 608. The first-order chi connectivity index (χ1) is 10.3. The van der Waals surface area contributed by atoms with Gasteiger partial charge in [-0.1, -0.05) is 12.1 Å². The fraction of sp³-hybridized carbons (Fsp3) is 0.267. The van der Waals surface area contributed by atoms with Gasteiger partial charge in [-0.25, -0.2) is 4.98 Å². The van der Waals surface area contributed by atoms with Crippen LogP contribution >= 0.6 is 0 Å². The molecule has 108 valence electrons. The molecule has 0 radical (unpaired) electrons. The van der Waals surface area contributed by atoms with Crippen LogP contribution in [0.4, 0.5) is 11.5 Å². The second-order valence-corrected chi connectivity index (χ2v) is 4.27. The summed E-state index contributed by atoms with van der Waals surface area (Å²) in [6.07, 6.45) is 2.99. The van der Waals surface area contributed by atoms with Crippen LogP contribution in [0.2, 0.25) is 0 Å². The average Bonchev–Trinajstić information content (AvgIpc) is 2.53. The maximum atomic E-state index is 8.78. The normalized spacial score (nSPS) is 10.1. The zero-order valence-electron chi connectivity index (χ0n) is 11.7. The van der Waals surface area contributed by atoms with Gasteiger partial charge in [0, 0.05) is 12.8 Å². The van der Waals surface area contributed by atoms with Crippen molar-refractivity contribution in [2.24, 2.45) is 0 Å². The predicted octanol–water partition coefficient (Wildman–Crippen LogP) is 2.25. The van der Waals surface area contributed by atoms with E-state index in [1.165, 1.54) is 6.20 Å². The van der Waals surface area contributed by atoms with E-state index in [0.717, 1.165) is 11.3 Å². The summed E-state index contributed by atoms with van der Waals surface area (Å²) < 4.78 is 10.4. The summed E-state index contributed by atoms with van der Waals surface area (Å²) in [4.78, 5) is 8.05. The van der Waals surface area contributed by atoms with Gasteiger partial charge in [0.25, 0.3) is 0 Å². The monoisotopic (exact) mass is 284 g/mol. The molecule has 0 atom stereocenters. The Balaban J connectivity index is 1.91. The Morgan fingerprint density at radius 2 is 2.00 bits per heavy atom. The first kappa shape index (κ1) is 14.9. The van der Waals surface area contributed by atoms with Crippen LogP contribution in [0.1, 0.15) is 11.3 Å². The lowest BCUT2D eigenvalue weighted by molar-refractivity contribution is 0.0617. The predicted molar refractivity (Wildman–Crippen MR) is 78.0 cm³/mol. The maximum absolute atomic E-state index is 8.78. The number of anilines is 2. The zero-order chi connectivity index (χ0) is 14.9. The van der Waals surface area contributed by atoms with Gasteiger partial charge in [0.15, 0.2) is 5.69 Å². The third-order valence-electron chi connectivity index (χ3n) is 2.68.